The predicted molar refractivity (Wildman–Crippen MR) is 78.6 cm³/mol. The fraction of sp³-hybridized carbons (Fsp3) is 0.385. The van der Waals surface area contributed by atoms with Crippen LogP contribution in [0.4, 0.5) is 0 Å². The molecule has 0 aliphatic rings. The maximum Gasteiger partial charge on any atom is 0.287 e. The topological polar surface area (TPSA) is 55.1 Å². The highest BCUT2D eigenvalue weighted by Gasteiger charge is 2.10. The normalized spacial score (nSPS) is 10.9. The Kier molecular flexibility index (Phi) is 4.76. The van der Waals surface area contributed by atoms with E-state index in [4.69, 9.17) is 4.42 Å². The number of rotatable bonds is 5. The van der Waals surface area contributed by atoms with E-state index in [1.807, 2.05) is 5.38 Å². The molecule has 0 aliphatic heterocycles. The molecule has 102 valence electrons. The van der Waals surface area contributed by atoms with E-state index in [-0.39, 0.29) is 5.91 Å². The van der Waals surface area contributed by atoms with Crippen LogP contribution in [0.1, 0.15) is 41.0 Å². The molecule has 1 amide bonds. The minimum atomic E-state index is -0.204. The van der Waals surface area contributed by atoms with Crippen LogP contribution in [0.5, 0.6) is 0 Å². The third kappa shape index (κ3) is 3.91. The van der Waals surface area contributed by atoms with Crippen LogP contribution in [0, 0.1) is 0 Å². The van der Waals surface area contributed by atoms with Gasteiger partial charge in [0.2, 0.25) is 0 Å². The van der Waals surface area contributed by atoms with E-state index in [2.05, 4.69) is 40.1 Å². The molecule has 0 saturated heterocycles. The van der Waals surface area contributed by atoms with E-state index in [0.717, 1.165) is 17.1 Å². The predicted octanol–water partition coefficient (Wildman–Crippen LogP) is 3.59. The Balaban J connectivity index is 1.81. The number of amides is 1. The maximum absolute atomic E-state index is 11.7. The second-order valence-electron chi connectivity index (χ2n) is 4.44. The highest BCUT2D eigenvalue weighted by Crippen LogP contribution is 2.19. The number of hydrogen-bond acceptors (Lipinski definition) is 4. The van der Waals surface area contributed by atoms with Crippen molar-refractivity contribution in [3.05, 3.63) is 38.6 Å². The van der Waals surface area contributed by atoms with Gasteiger partial charge in [0.15, 0.2) is 10.4 Å². The maximum atomic E-state index is 11.7. The summed E-state index contributed by atoms with van der Waals surface area (Å²) in [4.78, 5) is 16.2. The van der Waals surface area contributed by atoms with E-state index in [0.29, 0.717) is 22.9 Å². The first kappa shape index (κ1) is 14.3. The van der Waals surface area contributed by atoms with Gasteiger partial charge >= 0.3 is 0 Å². The van der Waals surface area contributed by atoms with Crippen molar-refractivity contribution in [1.82, 2.24) is 10.3 Å². The molecule has 19 heavy (non-hydrogen) atoms. The van der Waals surface area contributed by atoms with Crippen LogP contribution in [0.15, 0.2) is 26.6 Å². The van der Waals surface area contributed by atoms with Crippen molar-refractivity contribution in [2.45, 2.75) is 26.2 Å². The lowest BCUT2D eigenvalue weighted by Crippen LogP contribution is -2.25. The quantitative estimate of drug-likeness (QED) is 0.903. The molecule has 0 spiro atoms. The van der Waals surface area contributed by atoms with Gasteiger partial charge in [-0.1, -0.05) is 13.8 Å². The van der Waals surface area contributed by atoms with Crippen molar-refractivity contribution >= 4 is 33.2 Å². The Hall–Kier alpha value is -1.14. The molecule has 1 N–H and O–H groups in total. The van der Waals surface area contributed by atoms with Crippen molar-refractivity contribution in [3.63, 3.8) is 0 Å². The molecular formula is C13H15BrN2O2S. The minimum absolute atomic E-state index is 0.204. The molecule has 2 heterocycles. The molecule has 0 fully saturated rings. The lowest BCUT2D eigenvalue weighted by Gasteiger charge is -2.01. The lowest BCUT2D eigenvalue weighted by molar-refractivity contribution is 0.0925. The van der Waals surface area contributed by atoms with Gasteiger partial charge in [0.05, 0.1) is 10.7 Å². The molecule has 6 heteroatoms. The van der Waals surface area contributed by atoms with Gasteiger partial charge in [-0.2, -0.15) is 0 Å². The van der Waals surface area contributed by atoms with Crippen LogP contribution in [0.3, 0.4) is 0 Å². The van der Waals surface area contributed by atoms with E-state index in [1.54, 1.807) is 23.5 Å². The highest BCUT2D eigenvalue weighted by atomic mass is 79.9. The van der Waals surface area contributed by atoms with E-state index in [9.17, 15) is 4.79 Å². The molecule has 0 bridgehead atoms. The highest BCUT2D eigenvalue weighted by molar-refractivity contribution is 9.10. The summed E-state index contributed by atoms with van der Waals surface area (Å²) in [5.41, 5.74) is 1.02. The van der Waals surface area contributed by atoms with Gasteiger partial charge in [-0.05, 0) is 28.1 Å². The first-order valence-corrected chi connectivity index (χ1v) is 7.71. The van der Waals surface area contributed by atoms with Crippen molar-refractivity contribution < 1.29 is 9.21 Å². The van der Waals surface area contributed by atoms with Crippen molar-refractivity contribution in [2.75, 3.05) is 6.54 Å². The van der Waals surface area contributed by atoms with Crippen LogP contribution in [0.2, 0.25) is 0 Å². The van der Waals surface area contributed by atoms with Crippen molar-refractivity contribution in [2.24, 2.45) is 0 Å². The Morgan fingerprint density at radius 3 is 2.89 bits per heavy atom. The Labute approximate surface area is 124 Å². The van der Waals surface area contributed by atoms with Gasteiger partial charge in [0, 0.05) is 24.3 Å². The zero-order chi connectivity index (χ0) is 13.8. The fourth-order valence-electron chi connectivity index (χ4n) is 1.53. The summed E-state index contributed by atoms with van der Waals surface area (Å²) in [5, 5.41) is 5.99. The number of aromatic nitrogens is 1. The van der Waals surface area contributed by atoms with Gasteiger partial charge in [-0.3, -0.25) is 4.79 Å². The summed E-state index contributed by atoms with van der Waals surface area (Å²) in [5.74, 6) is 0.562. The molecule has 0 aliphatic carbocycles. The summed E-state index contributed by atoms with van der Waals surface area (Å²) in [7, 11) is 0. The van der Waals surface area contributed by atoms with Gasteiger partial charge in [0.25, 0.3) is 5.91 Å². The number of nitrogens with zero attached hydrogens (tertiary/aromatic N) is 1. The molecule has 2 aromatic rings. The molecule has 0 unspecified atom stereocenters. The third-order valence-electron chi connectivity index (χ3n) is 2.53. The molecule has 2 aromatic heterocycles. The smallest absolute Gasteiger partial charge is 0.287 e. The zero-order valence-electron chi connectivity index (χ0n) is 10.8. The monoisotopic (exact) mass is 342 g/mol. The van der Waals surface area contributed by atoms with Crippen LogP contribution < -0.4 is 5.32 Å². The van der Waals surface area contributed by atoms with E-state index >= 15 is 0 Å². The van der Waals surface area contributed by atoms with Crippen molar-refractivity contribution in [1.29, 1.82) is 0 Å². The SMILES string of the molecule is CC(C)c1nc(CCNC(=O)c2ccc(Br)o2)cs1. The van der Waals surface area contributed by atoms with Crippen LogP contribution in [-0.4, -0.2) is 17.4 Å². The Morgan fingerprint density at radius 2 is 2.32 bits per heavy atom. The molecule has 0 radical (unpaired) electrons. The number of carbonyl (C=O) groups is 1. The Bertz CT molecular complexity index is 562. The summed E-state index contributed by atoms with van der Waals surface area (Å²) < 4.78 is 5.73. The van der Waals surface area contributed by atoms with Gasteiger partial charge in [-0.25, -0.2) is 4.98 Å². The second kappa shape index (κ2) is 6.34. The molecular weight excluding hydrogens is 328 g/mol. The number of hydrogen-bond donors (Lipinski definition) is 1. The third-order valence-corrected chi connectivity index (χ3v) is 4.15. The zero-order valence-corrected chi connectivity index (χ0v) is 13.2. The molecule has 0 saturated carbocycles. The fourth-order valence-corrected chi connectivity index (χ4v) is 2.71. The lowest BCUT2D eigenvalue weighted by atomic mass is 10.2. The number of thiazole rings is 1. The first-order valence-electron chi connectivity index (χ1n) is 6.04. The summed E-state index contributed by atoms with van der Waals surface area (Å²) in [6.07, 6.45) is 0.733. The second-order valence-corrected chi connectivity index (χ2v) is 6.11. The summed E-state index contributed by atoms with van der Waals surface area (Å²) in [6, 6.07) is 3.34. The van der Waals surface area contributed by atoms with E-state index < -0.39 is 0 Å². The Morgan fingerprint density at radius 1 is 1.53 bits per heavy atom. The van der Waals surface area contributed by atoms with Crippen LogP contribution in [-0.2, 0) is 6.42 Å². The summed E-state index contributed by atoms with van der Waals surface area (Å²) >= 11 is 4.83. The van der Waals surface area contributed by atoms with Crippen LogP contribution in [0.25, 0.3) is 0 Å². The molecule has 2 rings (SSSR count). The largest absolute Gasteiger partial charge is 0.444 e. The minimum Gasteiger partial charge on any atom is -0.444 e. The number of nitrogens with one attached hydrogen (secondary N) is 1. The van der Waals surface area contributed by atoms with Gasteiger partial charge < -0.3 is 9.73 Å². The van der Waals surface area contributed by atoms with Crippen LogP contribution >= 0.6 is 27.3 Å². The van der Waals surface area contributed by atoms with Crippen molar-refractivity contribution in [3.8, 4) is 0 Å². The number of carbonyl (C=O) groups excluding carboxylic acids is 1. The number of halogens is 1. The summed E-state index contributed by atoms with van der Waals surface area (Å²) in [6.45, 7) is 4.80. The molecule has 0 atom stereocenters. The molecule has 0 aromatic carbocycles. The average Bonchev–Trinajstić information content (AvgIpc) is 2.98. The van der Waals surface area contributed by atoms with Gasteiger partial charge in [-0.15, -0.1) is 11.3 Å². The standard InChI is InChI=1S/C13H15BrN2O2S/c1-8(2)13-16-9(7-19-13)5-6-15-12(17)10-3-4-11(14)18-10/h3-4,7-8H,5-6H2,1-2H3,(H,15,17). The first-order chi connectivity index (χ1) is 9.06. The van der Waals surface area contributed by atoms with Gasteiger partial charge in [0.1, 0.15) is 0 Å². The van der Waals surface area contributed by atoms with E-state index in [1.165, 1.54) is 0 Å². The number of furan rings is 1. The average molecular weight is 343 g/mol. The molecule has 4 nitrogen and oxygen atoms in total.